The van der Waals surface area contributed by atoms with Gasteiger partial charge in [-0.25, -0.2) is 4.79 Å². The molecule has 1 saturated heterocycles. The number of nitrogens with one attached hydrogen (secondary N) is 1. The van der Waals surface area contributed by atoms with E-state index >= 15 is 0 Å². The Balaban J connectivity index is 1.56. The molecule has 0 saturated carbocycles. The molecule has 2 heterocycles. The second kappa shape index (κ2) is 7.25. The first kappa shape index (κ1) is 16.8. The Morgan fingerprint density at radius 2 is 2.08 bits per heavy atom. The van der Waals surface area contributed by atoms with Crippen LogP contribution in [0.15, 0.2) is 36.5 Å². The van der Waals surface area contributed by atoms with Crippen molar-refractivity contribution in [3.05, 3.63) is 42.1 Å². The van der Waals surface area contributed by atoms with Gasteiger partial charge in [0.25, 0.3) is 0 Å². The maximum atomic E-state index is 12.2. The van der Waals surface area contributed by atoms with Crippen LogP contribution in [0.1, 0.15) is 12.0 Å². The number of hydrogen-bond donors (Lipinski definition) is 2. The van der Waals surface area contributed by atoms with Crippen molar-refractivity contribution >= 4 is 17.8 Å². The van der Waals surface area contributed by atoms with E-state index in [4.69, 9.17) is 9.84 Å². The molecule has 3 rings (SSSR count). The van der Waals surface area contributed by atoms with E-state index in [-0.39, 0.29) is 12.6 Å². The van der Waals surface area contributed by atoms with Crippen LogP contribution in [0.5, 0.6) is 5.75 Å². The van der Waals surface area contributed by atoms with Crippen LogP contribution < -0.4 is 10.1 Å². The van der Waals surface area contributed by atoms with Crippen LogP contribution in [0.3, 0.4) is 0 Å². The van der Waals surface area contributed by atoms with E-state index in [0.717, 1.165) is 11.3 Å². The van der Waals surface area contributed by atoms with Gasteiger partial charge in [-0.3, -0.25) is 14.8 Å². The van der Waals surface area contributed by atoms with Crippen molar-refractivity contribution in [3.8, 4) is 5.75 Å². The van der Waals surface area contributed by atoms with Gasteiger partial charge in [-0.2, -0.15) is 5.10 Å². The summed E-state index contributed by atoms with van der Waals surface area (Å²) in [7, 11) is 1.62. The molecule has 0 unspecified atom stereocenters. The van der Waals surface area contributed by atoms with E-state index < -0.39 is 11.9 Å². The molecule has 2 aromatic rings. The van der Waals surface area contributed by atoms with Crippen LogP contribution in [0.25, 0.3) is 0 Å². The zero-order valence-corrected chi connectivity index (χ0v) is 13.9. The predicted octanol–water partition coefficient (Wildman–Crippen LogP) is 1.88. The maximum absolute atomic E-state index is 12.2. The average Bonchev–Trinajstić information content (AvgIpc) is 3.25. The number of aliphatic carboxylic acids is 1. The molecular weight excluding hydrogens is 324 g/mol. The van der Waals surface area contributed by atoms with Gasteiger partial charge in [0.05, 0.1) is 19.6 Å². The number of hydrogen-bond acceptors (Lipinski definition) is 4. The van der Waals surface area contributed by atoms with Crippen LogP contribution in [0.2, 0.25) is 0 Å². The van der Waals surface area contributed by atoms with Crippen molar-refractivity contribution < 1.29 is 19.4 Å². The molecule has 132 valence electrons. The third kappa shape index (κ3) is 4.09. The highest BCUT2D eigenvalue weighted by Crippen LogP contribution is 2.18. The number of anilines is 1. The third-order valence-electron chi connectivity index (χ3n) is 4.20. The van der Waals surface area contributed by atoms with Crippen LogP contribution in [0.4, 0.5) is 10.6 Å². The summed E-state index contributed by atoms with van der Waals surface area (Å²) in [5.74, 6) is -0.114. The Bertz CT molecular complexity index is 756. The molecule has 0 spiro atoms. The summed E-state index contributed by atoms with van der Waals surface area (Å²) < 4.78 is 6.85. The summed E-state index contributed by atoms with van der Waals surface area (Å²) in [5, 5.41) is 16.0. The quantitative estimate of drug-likeness (QED) is 0.863. The molecule has 1 aliphatic rings. The van der Waals surface area contributed by atoms with Gasteiger partial charge >= 0.3 is 12.0 Å². The van der Waals surface area contributed by atoms with Crippen molar-refractivity contribution in [2.24, 2.45) is 5.92 Å². The molecule has 8 nitrogen and oxygen atoms in total. The van der Waals surface area contributed by atoms with Crippen molar-refractivity contribution in [2.45, 2.75) is 13.0 Å². The minimum atomic E-state index is -0.862. The molecule has 1 aliphatic heterocycles. The lowest BCUT2D eigenvalue weighted by Gasteiger charge is -2.15. The highest BCUT2D eigenvalue weighted by atomic mass is 16.5. The van der Waals surface area contributed by atoms with Crippen LogP contribution >= 0.6 is 0 Å². The number of amides is 2. The number of carboxylic acid groups (broad SMARTS) is 1. The Hall–Kier alpha value is -3.03. The van der Waals surface area contributed by atoms with Crippen molar-refractivity contribution in [3.63, 3.8) is 0 Å². The Kier molecular flexibility index (Phi) is 4.87. The molecule has 25 heavy (non-hydrogen) atoms. The number of carbonyl (C=O) groups is 2. The number of urea groups is 1. The zero-order valence-electron chi connectivity index (χ0n) is 13.9. The molecule has 0 radical (unpaired) electrons. The minimum Gasteiger partial charge on any atom is -0.497 e. The highest BCUT2D eigenvalue weighted by molar-refractivity contribution is 5.89. The monoisotopic (exact) mass is 344 g/mol. The largest absolute Gasteiger partial charge is 0.497 e. The molecule has 1 fully saturated rings. The molecule has 1 atom stereocenters. The van der Waals surface area contributed by atoms with E-state index in [9.17, 15) is 9.59 Å². The number of aromatic nitrogens is 2. The van der Waals surface area contributed by atoms with E-state index in [2.05, 4.69) is 10.4 Å². The lowest BCUT2D eigenvalue weighted by molar-refractivity contribution is -0.141. The Morgan fingerprint density at radius 3 is 2.72 bits per heavy atom. The summed E-state index contributed by atoms with van der Waals surface area (Å²) in [6.45, 7) is 1.24. The maximum Gasteiger partial charge on any atom is 0.323 e. The number of carboxylic acids is 1. The van der Waals surface area contributed by atoms with Gasteiger partial charge in [0, 0.05) is 25.4 Å². The van der Waals surface area contributed by atoms with Gasteiger partial charge in [0.1, 0.15) is 5.75 Å². The van der Waals surface area contributed by atoms with E-state index in [1.165, 1.54) is 4.90 Å². The van der Waals surface area contributed by atoms with Crippen LogP contribution in [-0.2, 0) is 11.3 Å². The fourth-order valence-electron chi connectivity index (χ4n) is 2.77. The fourth-order valence-corrected chi connectivity index (χ4v) is 2.77. The molecule has 2 N–H and O–H groups in total. The lowest BCUT2D eigenvalue weighted by atomic mass is 10.1. The van der Waals surface area contributed by atoms with E-state index in [0.29, 0.717) is 25.3 Å². The fraction of sp³-hybridized carbons (Fsp3) is 0.353. The SMILES string of the molecule is COc1ccc(Cn2ccc(NC(=O)N3CC[C@@H](C(=O)O)C3)n2)cc1. The minimum absolute atomic E-state index is 0.230. The smallest absolute Gasteiger partial charge is 0.323 e. The molecule has 2 amide bonds. The van der Waals surface area contributed by atoms with Crippen molar-refractivity contribution in [2.75, 3.05) is 25.5 Å². The number of carbonyl (C=O) groups excluding carboxylic acids is 1. The molecular formula is C17H20N4O4. The number of rotatable bonds is 5. The number of likely N-dealkylation sites (tertiary alicyclic amines) is 1. The molecule has 1 aromatic heterocycles. The molecule has 0 aliphatic carbocycles. The first-order valence-electron chi connectivity index (χ1n) is 8.00. The summed E-state index contributed by atoms with van der Waals surface area (Å²) in [6.07, 6.45) is 2.26. The normalized spacial score (nSPS) is 16.7. The topological polar surface area (TPSA) is 96.7 Å². The van der Waals surface area contributed by atoms with Crippen molar-refractivity contribution in [1.82, 2.24) is 14.7 Å². The second-order valence-electron chi connectivity index (χ2n) is 5.95. The first-order valence-corrected chi connectivity index (χ1v) is 8.00. The molecule has 8 heteroatoms. The summed E-state index contributed by atoms with van der Waals surface area (Å²) in [5.41, 5.74) is 1.06. The van der Waals surface area contributed by atoms with Gasteiger partial charge in [-0.1, -0.05) is 12.1 Å². The van der Waals surface area contributed by atoms with Crippen LogP contribution in [0, 0.1) is 5.92 Å². The lowest BCUT2D eigenvalue weighted by Crippen LogP contribution is -2.33. The first-order chi connectivity index (χ1) is 12.0. The standard InChI is InChI=1S/C17H20N4O4/c1-25-14-4-2-12(3-5-14)10-21-9-7-15(19-21)18-17(24)20-8-6-13(11-20)16(22)23/h2-5,7,9,13H,6,8,10-11H2,1H3,(H,22,23)(H,18,19,24)/t13-/m1/s1. The van der Waals surface area contributed by atoms with Crippen LogP contribution in [-0.4, -0.2) is 52.0 Å². The summed E-state index contributed by atoms with van der Waals surface area (Å²) >= 11 is 0. The van der Waals surface area contributed by atoms with Gasteiger partial charge in [0.2, 0.25) is 0 Å². The number of benzene rings is 1. The highest BCUT2D eigenvalue weighted by Gasteiger charge is 2.31. The summed E-state index contributed by atoms with van der Waals surface area (Å²) in [4.78, 5) is 24.6. The van der Waals surface area contributed by atoms with Gasteiger partial charge in [-0.15, -0.1) is 0 Å². The third-order valence-corrected chi connectivity index (χ3v) is 4.20. The molecule has 1 aromatic carbocycles. The predicted molar refractivity (Wildman–Crippen MR) is 90.7 cm³/mol. The second-order valence-corrected chi connectivity index (χ2v) is 5.95. The number of methoxy groups -OCH3 is 1. The van der Waals surface area contributed by atoms with Gasteiger partial charge in [0.15, 0.2) is 5.82 Å². The Labute approximate surface area is 145 Å². The van der Waals surface area contributed by atoms with E-state index in [1.807, 2.05) is 24.3 Å². The molecule has 0 bridgehead atoms. The zero-order chi connectivity index (χ0) is 17.8. The number of nitrogens with zero attached hydrogens (tertiary/aromatic N) is 3. The van der Waals surface area contributed by atoms with Gasteiger partial charge in [-0.05, 0) is 24.1 Å². The van der Waals surface area contributed by atoms with E-state index in [1.54, 1.807) is 24.1 Å². The van der Waals surface area contributed by atoms with Crippen molar-refractivity contribution in [1.29, 1.82) is 0 Å². The Morgan fingerprint density at radius 1 is 1.32 bits per heavy atom. The number of ether oxygens (including phenoxy) is 1. The summed E-state index contributed by atoms with van der Waals surface area (Å²) in [6, 6.07) is 9.07. The average molecular weight is 344 g/mol. The van der Waals surface area contributed by atoms with Gasteiger partial charge < -0.3 is 14.7 Å².